The van der Waals surface area contributed by atoms with E-state index in [1.165, 1.54) is 5.39 Å². The summed E-state index contributed by atoms with van der Waals surface area (Å²) in [6.45, 7) is 2.64. The Balaban J connectivity index is 1.68. The molecule has 1 aromatic carbocycles. The van der Waals surface area contributed by atoms with Crippen molar-refractivity contribution < 1.29 is 14.7 Å². The SMILES string of the molecule is O=C(O)/C=C\C(=O)N1CCN(c2cccc3[nH]ccc23)CC1. The number of anilines is 1. The Labute approximate surface area is 127 Å². The number of amides is 1. The molecule has 1 fully saturated rings. The van der Waals surface area contributed by atoms with Crippen molar-refractivity contribution in [1.29, 1.82) is 0 Å². The largest absolute Gasteiger partial charge is 0.478 e. The maximum absolute atomic E-state index is 11.9. The van der Waals surface area contributed by atoms with Gasteiger partial charge in [0.15, 0.2) is 0 Å². The normalized spacial score (nSPS) is 15.6. The van der Waals surface area contributed by atoms with E-state index < -0.39 is 5.97 Å². The van der Waals surface area contributed by atoms with E-state index >= 15 is 0 Å². The number of hydrogen-bond donors (Lipinski definition) is 2. The summed E-state index contributed by atoms with van der Waals surface area (Å²) in [7, 11) is 0. The lowest BCUT2D eigenvalue weighted by Crippen LogP contribution is -2.48. The van der Waals surface area contributed by atoms with Gasteiger partial charge in [0, 0.05) is 61.1 Å². The number of carbonyl (C=O) groups excluding carboxylic acids is 1. The summed E-state index contributed by atoms with van der Waals surface area (Å²) < 4.78 is 0. The van der Waals surface area contributed by atoms with Crippen LogP contribution in [-0.2, 0) is 9.59 Å². The summed E-state index contributed by atoms with van der Waals surface area (Å²) in [6, 6.07) is 8.19. The summed E-state index contributed by atoms with van der Waals surface area (Å²) in [6.07, 6.45) is 3.92. The second-order valence-electron chi connectivity index (χ2n) is 5.20. The number of carbonyl (C=O) groups is 2. The molecule has 0 bridgehead atoms. The van der Waals surface area contributed by atoms with Gasteiger partial charge in [-0.25, -0.2) is 4.79 Å². The van der Waals surface area contributed by atoms with Crippen LogP contribution in [0.5, 0.6) is 0 Å². The van der Waals surface area contributed by atoms with E-state index in [4.69, 9.17) is 5.11 Å². The monoisotopic (exact) mass is 299 g/mol. The zero-order valence-electron chi connectivity index (χ0n) is 12.0. The zero-order valence-corrected chi connectivity index (χ0v) is 12.0. The molecule has 2 heterocycles. The molecule has 0 spiro atoms. The molecule has 2 aromatic rings. The number of nitrogens with zero attached hydrogens (tertiary/aromatic N) is 2. The molecule has 0 radical (unpaired) electrons. The molecule has 1 saturated heterocycles. The van der Waals surface area contributed by atoms with Crippen molar-refractivity contribution in [2.75, 3.05) is 31.1 Å². The van der Waals surface area contributed by atoms with Gasteiger partial charge in [0.05, 0.1) is 0 Å². The third kappa shape index (κ3) is 2.81. The number of rotatable bonds is 3. The fourth-order valence-corrected chi connectivity index (χ4v) is 2.76. The van der Waals surface area contributed by atoms with Gasteiger partial charge in [-0.05, 0) is 18.2 Å². The predicted octanol–water partition coefficient (Wildman–Crippen LogP) is 1.46. The van der Waals surface area contributed by atoms with Crippen LogP contribution in [0.15, 0.2) is 42.6 Å². The molecule has 2 N–H and O–H groups in total. The van der Waals surface area contributed by atoms with Gasteiger partial charge in [0.1, 0.15) is 0 Å². The van der Waals surface area contributed by atoms with E-state index in [2.05, 4.69) is 22.0 Å². The van der Waals surface area contributed by atoms with E-state index in [1.54, 1.807) is 4.90 Å². The molecule has 22 heavy (non-hydrogen) atoms. The van der Waals surface area contributed by atoms with Crippen LogP contribution in [0.3, 0.4) is 0 Å². The lowest BCUT2D eigenvalue weighted by atomic mass is 10.1. The van der Waals surface area contributed by atoms with Crippen molar-refractivity contribution in [2.24, 2.45) is 0 Å². The second kappa shape index (κ2) is 5.93. The highest BCUT2D eigenvalue weighted by Gasteiger charge is 2.21. The van der Waals surface area contributed by atoms with Crippen LogP contribution in [0.25, 0.3) is 10.9 Å². The molecule has 1 amide bonds. The highest BCUT2D eigenvalue weighted by atomic mass is 16.4. The third-order valence-corrected chi connectivity index (χ3v) is 3.87. The average Bonchev–Trinajstić information content (AvgIpc) is 3.01. The van der Waals surface area contributed by atoms with E-state index in [1.807, 2.05) is 18.3 Å². The van der Waals surface area contributed by atoms with E-state index in [-0.39, 0.29) is 5.91 Å². The maximum atomic E-state index is 11.9. The first-order valence-electron chi connectivity index (χ1n) is 7.16. The molecule has 0 atom stereocenters. The van der Waals surface area contributed by atoms with Crippen LogP contribution in [0.2, 0.25) is 0 Å². The number of piperazine rings is 1. The van der Waals surface area contributed by atoms with Crippen LogP contribution in [0.4, 0.5) is 5.69 Å². The van der Waals surface area contributed by atoms with Gasteiger partial charge in [-0.3, -0.25) is 4.79 Å². The zero-order chi connectivity index (χ0) is 15.5. The number of fused-ring (bicyclic) bond motifs is 1. The minimum absolute atomic E-state index is 0.248. The molecule has 0 unspecified atom stereocenters. The van der Waals surface area contributed by atoms with Crippen LogP contribution >= 0.6 is 0 Å². The fraction of sp³-hybridized carbons (Fsp3) is 0.250. The Hall–Kier alpha value is -2.76. The van der Waals surface area contributed by atoms with E-state index in [0.29, 0.717) is 13.1 Å². The number of hydrogen-bond acceptors (Lipinski definition) is 3. The summed E-state index contributed by atoms with van der Waals surface area (Å²) in [5, 5.41) is 9.74. The summed E-state index contributed by atoms with van der Waals surface area (Å²) in [4.78, 5) is 29.4. The molecule has 1 aliphatic rings. The molecule has 0 aliphatic carbocycles. The molecule has 114 valence electrons. The third-order valence-electron chi connectivity index (χ3n) is 3.87. The molecular formula is C16H17N3O3. The van der Waals surface area contributed by atoms with Gasteiger partial charge in [-0.15, -0.1) is 0 Å². The van der Waals surface area contributed by atoms with Crippen LogP contribution in [0, 0.1) is 0 Å². The quantitative estimate of drug-likeness (QED) is 0.841. The minimum Gasteiger partial charge on any atom is -0.478 e. The van der Waals surface area contributed by atoms with Crippen LogP contribution < -0.4 is 4.90 Å². The van der Waals surface area contributed by atoms with Crippen molar-refractivity contribution in [3.63, 3.8) is 0 Å². The lowest BCUT2D eigenvalue weighted by Gasteiger charge is -2.36. The first-order valence-corrected chi connectivity index (χ1v) is 7.16. The highest BCUT2D eigenvalue weighted by molar-refractivity contribution is 5.94. The van der Waals surface area contributed by atoms with Gasteiger partial charge in [0.25, 0.3) is 0 Å². The van der Waals surface area contributed by atoms with Gasteiger partial charge in [-0.2, -0.15) is 0 Å². The van der Waals surface area contributed by atoms with Gasteiger partial charge >= 0.3 is 5.97 Å². The van der Waals surface area contributed by atoms with Crippen LogP contribution in [0.1, 0.15) is 0 Å². The molecule has 3 rings (SSSR count). The number of H-pyrrole nitrogens is 1. The molecule has 1 aromatic heterocycles. The number of carboxylic acid groups (broad SMARTS) is 1. The Morgan fingerprint density at radius 2 is 1.86 bits per heavy atom. The number of aliphatic carboxylic acids is 1. The van der Waals surface area contributed by atoms with Gasteiger partial charge in [-0.1, -0.05) is 6.07 Å². The molecule has 0 saturated carbocycles. The first kappa shape index (κ1) is 14.2. The number of nitrogens with one attached hydrogen (secondary N) is 1. The maximum Gasteiger partial charge on any atom is 0.328 e. The summed E-state index contributed by atoms with van der Waals surface area (Å²) in [5.41, 5.74) is 2.26. The predicted molar refractivity (Wildman–Crippen MR) is 83.9 cm³/mol. The Morgan fingerprint density at radius 3 is 2.59 bits per heavy atom. The average molecular weight is 299 g/mol. The van der Waals surface area contributed by atoms with E-state index in [9.17, 15) is 9.59 Å². The smallest absolute Gasteiger partial charge is 0.328 e. The minimum atomic E-state index is -1.11. The van der Waals surface area contributed by atoms with Crippen molar-refractivity contribution in [2.45, 2.75) is 0 Å². The van der Waals surface area contributed by atoms with Crippen molar-refractivity contribution >= 4 is 28.5 Å². The molecule has 6 heteroatoms. The van der Waals surface area contributed by atoms with Crippen molar-refractivity contribution in [3.8, 4) is 0 Å². The number of aromatic amines is 1. The van der Waals surface area contributed by atoms with Crippen LogP contribution in [-0.4, -0.2) is 53.0 Å². The van der Waals surface area contributed by atoms with Gasteiger partial charge < -0.3 is 19.9 Å². The Morgan fingerprint density at radius 1 is 1.09 bits per heavy atom. The fourth-order valence-electron chi connectivity index (χ4n) is 2.76. The number of benzene rings is 1. The number of aromatic nitrogens is 1. The van der Waals surface area contributed by atoms with E-state index in [0.717, 1.165) is 36.4 Å². The number of carboxylic acids is 1. The van der Waals surface area contributed by atoms with Gasteiger partial charge in [0.2, 0.25) is 5.91 Å². The topological polar surface area (TPSA) is 76.6 Å². The molecular weight excluding hydrogens is 282 g/mol. The Bertz CT molecular complexity index is 727. The first-order chi connectivity index (χ1) is 10.6. The Kier molecular flexibility index (Phi) is 3.82. The second-order valence-corrected chi connectivity index (χ2v) is 5.20. The van der Waals surface area contributed by atoms with Crippen molar-refractivity contribution in [3.05, 3.63) is 42.6 Å². The molecule has 1 aliphatic heterocycles. The van der Waals surface area contributed by atoms with Crippen molar-refractivity contribution in [1.82, 2.24) is 9.88 Å². The lowest BCUT2D eigenvalue weighted by molar-refractivity contribution is -0.132. The highest BCUT2D eigenvalue weighted by Crippen LogP contribution is 2.26. The summed E-state index contributed by atoms with van der Waals surface area (Å²) >= 11 is 0. The standard InChI is InChI=1S/C16H17N3O3/c20-15(4-5-16(21)22)19-10-8-18(9-11-19)14-3-1-2-13-12(14)6-7-17-13/h1-7,17H,8-11H2,(H,21,22)/b5-4-. The summed E-state index contributed by atoms with van der Waals surface area (Å²) in [5.74, 6) is -1.35. The molecule has 6 nitrogen and oxygen atoms in total.